The lowest BCUT2D eigenvalue weighted by Crippen LogP contribution is -2.12. The van der Waals surface area contributed by atoms with Crippen molar-refractivity contribution in [3.05, 3.63) is 63.1 Å². The molecule has 1 N–H and O–H groups in total. The Morgan fingerprint density at radius 1 is 0.931 bits per heavy atom. The van der Waals surface area contributed by atoms with Crippen LogP contribution in [-0.2, 0) is 26.3 Å². The zero-order valence-corrected chi connectivity index (χ0v) is 18.9. The highest BCUT2D eigenvalue weighted by Gasteiger charge is 2.20. The van der Waals surface area contributed by atoms with E-state index < -0.39 is 19.9 Å². The van der Waals surface area contributed by atoms with Gasteiger partial charge in [-0.1, -0.05) is 52.2 Å². The second-order valence-corrected chi connectivity index (χ2v) is 11.7. The third-order valence-corrected chi connectivity index (χ3v) is 8.69. The molecule has 0 saturated carbocycles. The number of hydrogen-bond donors (Lipinski definition) is 1. The van der Waals surface area contributed by atoms with Crippen LogP contribution in [-0.4, -0.2) is 32.8 Å². The molecule has 0 aliphatic carbocycles. The fourth-order valence-electron chi connectivity index (χ4n) is 2.30. The van der Waals surface area contributed by atoms with E-state index in [4.69, 9.17) is 23.2 Å². The number of aromatic nitrogens is 2. The molecule has 0 saturated heterocycles. The van der Waals surface area contributed by atoms with Gasteiger partial charge in [0.2, 0.25) is 5.13 Å². The van der Waals surface area contributed by atoms with E-state index in [0.29, 0.717) is 5.01 Å². The summed E-state index contributed by atoms with van der Waals surface area (Å²) in [4.78, 5) is 0.152. The number of benzene rings is 2. The van der Waals surface area contributed by atoms with Crippen LogP contribution in [0.3, 0.4) is 0 Å². The van der Waals surface area contributed by atoms with Gasteiger partial charge in [0.05, 0.1) is 25.6 Å². The highest BCUT2D eigenvalue weighted by Crippen LogP contribution is 2.27. The van der Waals surface area contributed by atoms with Crippen molar-refractivity contribution in [1.82, 2.24) is 10.2 Å². The molecule has 0 spiro atoms. The van der Waals surface area contributed by atoms with Gasteiger partial charge in [0.1, 0.15) is 5.01 Å². The summed E-state index contributed by atoms with van der Waals surface area (Å²) in [6, 6.07) is 10.5. The maximum Gasteiger partial charge on any atom is 0.263 e. The highest BCUT2D eigenvalue weighted by atomic mass is 35.5. The molecular formula is C17H15Cl2N3O4S3. The van der Waals surface area contributed by atoms with Crippen molar-refractivity contribution in [2.75, 3.05) is 10.5 Å². The van der Waals surface area contributed by atoms with E-state index in [1.54, 1.807) is 24.3 Å². The molecule has 29 heavy (non-hydrogen) atoms. The number of nitrogens with one attached hydrogen (secondary N) is 1. The number of hydrogen-bond acceptors (Lipinski definition) is 7. The molecule has 0 atom stereocenters. The Balaban J connectivity index is 1.69. The van der Waals surface area contributed by atoms with Crippen molar-refractivity contribution in [2.45, 2.75) is 23.1 Å². The highest BCUT2D eigenvalue weighted by molar-refractivity contribution is 7.93. The second-order valence-electron chi connectivity index (χ2n) is 6.06. The van der Waals surface area contributed by atoms with Gasteiger partial charge in [-0.25, -0.2) is 16.8 Å². The summed E-state index contributed by atoms with van der Waals surface area (Å²) in [5.74, 6) is -0.162. The first-order valence-corrected chi connectivity index (χ1v) is 12.9. The lowest BCUT2D eigenvalue weighted by atomic mass is 10.2. The summed E-state index contributed by atoms with van der Waals surface area (Å²) in [7, 11) is -7.41. The fraction of sp³-hybridized carbons (Fsp3) is 0.176. The van der Waals surface area contributed by atoms with Gasteiger partial charge < -0.3 is 0 Å². The Kier molecular flexibility index (Phi) is 6.49. The average Bonchev–Trinajstić information content (AvgIpc) is 3.09. The molecule has 3 rings (SSSR count). The number of sulfone groups is 1. The molecule has 0 amide bonds. The van der Waals surface area contributed by atoms with E-state index in [0.717, 1.165) is 16.9 Å². The molecule has 3 aromatic rings. The summed E-state index contributed by atoms with van der Waals surface area (Å²) >= 11 is 12.6. The molecule has 2 aromatic carbocycles. The minimum atomic E-state index is -3.93. The van der Waals surface area contributed by atoms with Crippen molar-refractivity contribution in [3.63, 3.8) is 0 Å². The normalized spacial score (nSPS) is 12.1. The average molecular weight is 492 g/mol. The zero-order chi connectivity index (χ0) is 21.2. The first-order valence-electron chi connectivity index (χ1n) is 8.16. The van der Waals surface area contributed by atoms with E-state index >= 15 is 0 Å². The largest absolute Gasteiger partial charge is 0.263 e. The van der Waals surface area contributed by atoms with Crippen LogP contribution in [0.2, 0.25) is 10.0 Å². The van der Waals surface area contributed by atoms with Crippen molar-refractivity contribution < 1.29 is 16.8 Å². The van der Waals surface area contributed by atoms with Gasteiger partial charge in [-0.05, 0) is 37.3 Å². The molecule has 0 unspecified atom stereocenters. The lowest BCUT2D eigenvalue weighted by Gasteiger charge is -2.05. The molecule has 0 bridgehead atoms. The van der Waals surface area contributed by atoms with Gasteiger partial charge in [0.25, 0.3) is 10.0 Å². The number of rotatable bonds is 7. The molecule has 0 aliphatic heterocycles. The first kappa shape index (κ1) is 22.0. The summed E-state index contributed by atoms with van der Waals surface area (Å²) < 4.78 is 52.0. The third kappa shape index (κ3) is 5.46. The molecule has 7 nitrogen and oxygen atoms in total. The van der Waals surface area contributed by atoms with Crippen LogP contribution in [0.1, 0.15) is 10.6 Å². The molecule has 12 heteroatoms. The van der Waals surface area contributed by atoms with Crippen LogP contribution in [0.5, 0.6) is 0 Å². The Labute approximate surface area is 182 Å². The minimum absolute atomic E-state index is 0.0267. The van der Waals surface area contributed by atoms with E-state index in [1.165, 1.54) is 18.2 Å². The van der Waals surface area contributed by atoms with Crippen LogP contribution in [0, 0.1) is 6.92 Å². The monoisotopic (exact) mass is 491 g/mol. The Bertz CT molecular complexity index is 1240. The maximum absolute atomic E-state index is 12.4. The van der Waals surface area contributed by atoms with E-state index in [1.807, 2.05) is 6.92 Å². The third-order valence-electron chi connectivity index (χ3n) is 3.85. The zero-order valence-electron chi connectivity index (χ0n) is 15.0. The molecule has 0 radical (unpaired) electrons. The van der Waals surface area contributed by atoms with Crippen molar-refractivity contribution in [1.29, 1.82) is 0 Å². The number of nitrogens with zero attached hydrogens (tertiary/aromatic N) is 2. The molecule has 1 aromatic heterocycles. The standard InChI is InChI=1S/C17H15Cl2N3O4S3/c1-11-2-4-12(5-3-11)28(23,24)9-8-16-20-21-17(27-16)22-29(25,26)13-6-7-14(18)15(19)10-13/h2-7,10H,8-9H2,1H3,(H,21,22). The Morgan fingerprint density at radius 3 is 2.24 bits per heavy atom. The maximum atomic E-state index is 12.4. The van der Waals surface area contributed by atoms with Crippen molar-refractivity contribution in [2.24, 2.45) is 0 Å². The molecular weight excluding hydrogens is 477 g/mol. The SMILES string of the molecule is Cc1ccc(S(=O)(=O)CCc2nnc(NS(=O)(=O)c3ccc(Cl)c(Cl)c3)s2)cc1. The van der Waals surface area contributed by atoms with Crippen LogP contribution in [0.25, 0.3) is 0 Å². The van der Waals surface area contributed by atoms with Gasteiger partial charge in [0.15, 0.2) is 9.84 Å². The summed E-state index contributed by atoms with van der Waals surface area (Å²) in [5, 5.41) is 8.41. The Hall–Kier alpha value is -1.72. The van der Waals surface area contributed by atoms with Gasteiger partial charge in [-0.15, -0.1) is 10.2 Å². The van der Waals surface area contributed by atoms with Gasteiger partial charge >= 0.3 is 0 Å². The lowest BCUT2D eigenvalue weighted by molar-refractivity contribution is 0.594. The summed E-state index contributed by atoms with van der Waals surface area (Å²) in [5.41, 5.74) is 0.965. The summed E-state index contributed by atoms with van der Waals surface area (Å²) in [6.07, 6.45) is 0.113. The van der Waals surface area contributed by atoms with Crippen LogP contribution in [0.4, 0.5) is 5.13 Å². The summed E-state index contributed by atoms with van der Waals surface area (Å²) in [6.45, 7) is 1.87. The fourth-order valence-corrected chi connectivity index (χ4v) is 6.03. The van der Waals surface area contributed by atoms with E-state index in [-0.39, 0.29) is 37.1 Å². The second kappa shape index (κ2) is 8.57. The first-order chi connectivity index (χ1) is 13.6. The van der Waals surface area contributed by atoms with Gasteiger partial charge in [-0.2, -0.15) is 0 Å². The van der Waals surface area contributed by atoms with Gasteiger partial charge in [-0.3, -0.25) is 4.72 Å². The van der Waals surface area contributed by atoms with Crippen LogP contribution < -0.4 is 4.72 Å². The molecule has 0 aliphatic rings. The number of anilines is 1. The molecule has 0 fully saturated rings. The number of halogens is 2. The van der Waals surface area contributed by atoms with Gasteiger partial charge in [0, 0.05) is 6.42 Å². The molecule has 154 valence electrons. The van der Waals surface area contributed by atoms with Crippen molar-refractivity contribution >= 4 is 59.5 Å². The quantitative estimate of drug-likeness (QED) is 0.535. The number of aryl methyl sites for hydroxylation is 2. The minimum Gasteiger partial charge on any atom is -0.253 e. The van der Waals surface area contributed by atoms with E-state index in [2.05, 4.69) is 14.9 Å². The van der Waals surface area contributed by atoms with Crippen LogP contribution in [0.15, 0.2) is 52.3 Å². The Morgan fingerprint density at radius 2 is 1.59 bits per heavy atom. The topological polar surface area (TPSA) is 106 Å². The molecule has 1 heterocycles. The van der Waals surface area contributed by atoms with Crippen LogP contribution >= 0.6 is 34.5 Å². The predicted octanol–water partition coefficient (Wildman–Crippen LogP) is 3.97. The smallest absolute Gasteiger partial charge is 0.253 e. The van der Waals surface area contributed by atoms with E-state index in [9.17, 15) is 16.8 Å². The predicted molar refractivity (Wildman–Crippen MR) is 114 cm³/mol. The number of sulfonamides is 1. The van der Waals surface area contributed by atoms with Crippen molar-refractivity contribution in [3.8, 4) is 0 Å².